The molecule has 1 aromatic heterocycles. The summed E-state index contributed by atoms with van der Waals surface area (Å²) in [7, 11) is 1.14. The summed E-state index contributed by atoms with van der Waals surface area (Å²) in [5, 5.41) is -0.481. The number of rotatable bonds is 2. The molecule has 0 spiro atoms. The first kappa shape index (κ1) is 17.8. The standard InChI is InChI=1S/C14H7Cl3F3NO2/c1-23-13(22)12-7(15)2-3-10(21-12)11-8(16)4-6(5-9(11)17)14(18,19)20/h2-5H,1H3. The third kappa shape index (κ3) is 3.71. The number of benzene rings is 1. The molecule has 0 aliphatic heterocycles. The Bertz CT molecular complexity index is 755. The van der Waals surface area contributed by atoms with Crippen molar-refractivity contribution in [2.75, 3.05) is 7.11 Å². The van der Waals surface area contributed by atoms with Gasteiger partial charge >= 0.3 is 12.1 Å². The summed E-state index contributed by atoms with van der Waals surface area (Å²) in [5.74, 6) is -0.795. The van der Waals surface area contributed by atoms with Gasteiger partial charge in [0.05, 0.1) is 33.4 Å². The molecule has 0 atom stereocenters. The predicted molar refractivity (Wildman–Crippen MR) is 81.0 cm³/mol. The molecule has 1 aromatic carbocycles. The van der Waals surface area contributed by atoms with Gasteiger partial charge in [-0.25, -0.2) is 9.78 Å². The maximum Gasteiger partial charge on any atom is 0.416 e. The zero-order chi connectivity index (χ0) is 17.4. The van der Waals surface area contributed by atoms with Gasteiger partial charge in [0, 0.05) is 5.56 Å². The zero-order valence-electron chi connectivity index (χ0n) is 11.3. The van der Waals surface area contributed by atoms with Crippen LogP contribution in [0, 0.1) is 0 Å². The Morgan fingerprint density at radius 3 is 2.13 bits per heavy atom. The second-order valence-electron chi connectivity index (χ2n) is 4.33. The lowest BCUT2D eigenvalue weighted by atomic mass is 10.1. The van der Waals surface area contributed by atoms with Gasteiger partial charge in [-0.05, 0) is 24.3 Å². The van der Waals surface area contributed by atoms with Gasteiger partial charge in [-0.3, -0.25) is 0 Å². The quantitative estimate of drug-likeness (QED) is 0.641. The van der Waals surface area contributed by atoms with Crippen LogP contribution >= 0.6 is 34.8 Å². The molecule has 9 heteroatoms. The van der Waals surface area contributed by atoms with Crippen LogP contribution in [-0.4, -0.2) is 18.1 Å². The molecule has 0 fully saturated rings. The summed E-state index contributed by atoms with van der Waals surface area (Å²) < 4.78 is 42.7. The Morgan fingerprint density at radius 2 is 1.65 bits per heavy atom. The van der Waals surface area contributed by atoms with Crippen LogP contribution in [0.4, 0.5) is 13.2 Å². The van der Waals surface area contributed by atoms with E-state index < -0.39 is 17.7 Å². The monoisotopic (exact) mass is 383 g/mol. The number of alkyl halides is 3. The third-order valence-corrected chi connectivity index (χ3v) is 3.75. The van der Waals surface area contributed by atoms with Crippen molar-refractivity contribution in [3.05, 3.63) is 50.6 Å². The van der Waals surface area contributed by atoms with Crippen LogP contribution in [-0.2, 0) is 10.9 Å². The van der Waals surface area contributed by atoms with E-state index in [1.165, 1.54) is 12.1 Å². The highest BCUT2D eigenvalue weighted by molar-refractivity contribution is 6.39. The highest BCUT2D eigenvalue weighted by Gasteiger charge is 2.32. The van der Waals surface area contributed by atoms with Crippen molar-refractivity contribution >= 4 is 40.8 Å². The van der Waals surface area contributed by atoms with Crippen molar-refractivity contribution in [3.8, 4) is 11.3 Å². The molecule has 122 valence electrons. The number of aromatic nitrogens is 1. The molecule has 1 heterocycles. The van der Waals surface area contributed by atoms with Gasteiger partial charge in [0.1, 0.15) is 0 Å². The van der Waals surface area contributed by atoms with Gasteiger partial charge in [-0.2, -0.15) is 13.2 Å². The normalized spacial score (nSPS) is 11.4. The number of halogens is 6. The number of carbonyl (C=O) groups is 1. The van der Waals surface area contributed by atoms with Gasteiger partial charge in [0.25, 0.3) is 0 Å². The molecule has 0 N–H and O–H groups in total. The Hall–Kier alpha value is -1.50. The first-order valence-electron chi connectivity index (χ1n) is 5.96. The van der Waals surface area contributed by atoms with Gasteiger partial charge in [-0.1, -0.05) is 34.8 Å². The van der Waals surface area contributed by atoms with E-state index in [2.05, 4.69) is 9.72 Å². The average molecular weight is 385 g/mol. The molecule has 0 radical (unpaired) electrons. The summed E-state index contributed by atoms with van der Waals surface area (Å²) in [4.78, 5) is 15.6. The molecule has 0 aliphatic rings. The minimum absolute atomic E-state index is 0.0276. The lowest BCUT2D eigenvalue weighted by Gasteiger charge is -2.13. The van der Waals surface area contributed by atoms with Gasteiger partial charge in [0.15, 0.2) is 5.69 Å². The molecule has 2 rings (SSSR count). The maximum absolute atomic E-state index is 12.7. The summed E-state index contributed by atoms with van der Waals surface area (Å²) in [6, 6.07) is 4.20. The van der Waals surface area contributed by atoms with Crippen molar-refractivity contribution in [1.82, 2.24) is 4.98 Å². The van der Waals surface area contributed by atoms with Crippen LogP contribution in [0.3, 0.4) is 0 Å². The highest BCUT2D eigenvalue weighted by Crippen LogP contribution is 2.40. The second kappa shape index (κ2) is 6.55. The van der Waals surface area contributed by atoms with E-state index in [4.69, 9.17) is 34.8 Å². The van der Waals surface area contributed by atoms with E-state index in [1.807, 2.05) is 0 Å². The van der Waals surface area contributed by atoms with E-state index >= 15 is 0 Å². The molecule has 0 bridgehead atoms. The third-order valence-electron chi connectivity index (χ3n) is 2.85. The minimum Gasteiger partial charge on any atom is -0.464 e. The summed E-state index contributed by atoms with van der Waals surface area (Å²) in [6.07, 6.45) is -4.59. The van der Waals surface area contributed by atoms with Crippen molar-refractivity contribution in [3.63, 3.8) is 0 Å². The van der Waals surface area contributed by atoms with Crippen LogP contribution in [0.2, 0.25) is 15.1 Å². The molecule has 3 nitrogen and oxygen atoms in total. The van der Waals surface area contributed by atoms with Crippen molar-refractivity contribution in [1.29, 1.82) is 0 Å². The number of esters is 1. The van der Waals surface area contributed by atoms with E-state index in [-0.39, 0.29) is 32.0 Å². The molecule has 0 aliphatic carbocycles. The summed E-state index contributed by atoms with van der Waals surface area (Å²) in [5.41, 5.74) is -1.03. The van der Waals surface area contributed by atoms with Gasteiger partial charge < -0.3 is 4.74 Å². The predicted octanol–water partition coefficient (Wildman–Crippen LogP) is 5.51. The van der Waals surface area contributed by atoms with Crippen molar-refractivity contribution < 1.29 is 22.7 Å². The molecule has 2 aromatic rings. The van der Waals surface area contributed by atoms with E-state index in [9.17, 15) is 18.0 Å². The number of carbonyl (C=O) groups excluding carboxylic acids is 1. The fourth-order valence-electron chi connectivity index (χ4n) is 1.80. The lowest BCUT2D eigenvalue weighted by molar-refractivity contribution is -0.137. The van der Waals surface area contributed by atoms with Gasteiger partial charge in [0.2, 0.25) is 0 Å². The number of pyridine rings is 1. The van der Waals surface area contributed by atoms with Crippen LogP contribution in [0.15, 0.2) is 24.3 Å². The van der Waals surface area contributed by atoms with Crippen LogP contribution in [0.25, 0.3) is 11.3 Å². The molecular weight excluding hydrogens is 378 g/mol. The second-order valence-corrected chi connectivity index (χ2v) is 5.55. The van der Waals surface area contributed by atoms with Crippen LogP contribution in [0.1, 0.15) is 16.1 Å². The van der Waals surface area contributed by atoms with Crippen molar-refractivity contribution in [2.24, 2.45) is 0 Å². The molecular formula is C14H7Cl3F3NO2. The van der Waals surface area contributed by atoms with E-state index in [0.29, 0.717) is 0 Å². The molecule has 0 unspecified atom stereocenters. The Labute approximate surface area is 143 Å². The summed E-state index contributed by atoms with van der Waals surface area (Å²) in [6.45, 7) is 0. The average Bonchev–Trinajstić information content (AvgIpc) is 2.46. The van der Waals surface area contributed by atoms with Crippen LogP contribution in [0.5, 0.6) is 0 Å². The Balaban J connectivity index is 2.62. The highest BCUT2D eigenvalue weighted by atomic mass is 35.5. The van der Waals surface area contributed by atoms with E-state index in [0.717, 1.165) is 19.2 Å². The first-order valence-corrected chi connectivity index (χ1v) is 7.10. The number of ether oxygens (including phenoxy) is 1. The number of hydrogen-bond acceptors (Lipinski definition) is 3. The Kier molecular flexibility index (Phi) is 5.08. The fraction of sp³-hybridized carbons (Fsp3) is 0.143. The minimum atomic E-state index is -4.59. The summed E-state index contributed by atoms with van der Waals surface area (Å²) >= 11 is 17.7. The smallest absolute Gasteiger partial charge is 0.416 e. The SMILES string of the molecule is COC(=O)c1nc(-c2c(Cl)cc(C(F)(F)F)cc2Cl)ccc1Cl. The number of nitrogens with zero attached hydrogens (tertiary/aromatic N) is 1. The topological polar surface area (TPSA) is 39.2 Å². The zero-order valence-corrected chi connectivity index (χ0v) is 13.6. The molecule has 0 saturated carbocycles. The van der Waals surface area contributed by atoms with E-state index in [1.54, 1.807) is 0 Å². The largest absolute Gasteiger partial charge is 0.464 e. The lowest BCUT2D eigenvalue weighted by Crippen LogP contribution is -2.07. The maximum atomic E-state index is 12.7. The number of hydrogen-bond donors (Lipinski definition) is 0. The first-order chi connectivity index (χ1) is 10.6. The molecule has 23 heavy (non-hydrogen) atoms. The van der Waals surface area contributed by atoms with Gasteiger partial charge in [-0.15, -0.1) is 0 Å². The molecule has 0 saturated heterocycles. The van der Waals surface area contributed by atoms with Crippen LogP contribution < -0.4 is 0 Å². The fourth-order valence-corrected chi connectivity index (χ4v) is 2.67. The Morgan fingerprint density at radius 1 is 1.09 bits per heavy atom. The molecule has 0 amide bonds. The van der Waals surface area contributed by atoms with Crippen molar-refractivity contribution in [2.45, 2.75) is 6.18 Å². The number of methoxy groups -OCH3 is 1.